The molecule has 2 aromatic carbocycles. The Morgan fingerprint density at radius 1 is 1.21 bits per heavy atom. The summed E-state index contributed by atoms with van der Waals surface area (Å²) < 4.78 is 0. The maximum absolute atomic E-state index is 12.2. The first kappa shape index (κ1) is 13.4. The van der Waals surface area contributed by atoms with Crippen LogP contribution in [0.2, 0.25) is 5.02 Å². The van der Waals surface area contributed by atoms with Crippen LogP contribution in [0, 0.1) is 13.8 Å². The molecule has 0 bridgehead atoms. The van der Waals surface area contributed by atoms with Gasteiger partial charge in [-0.3, -0.25) is 4.79 Å². The normalized spacial score (nSPS) is 10.3. The van der Waals surface area contributed by atoms with Crippen LogP contribution in [0.3, 0.4) is 0 Å². The zero-order chi connectivity index (χ0) is 14.0. The molecule has 0 saturated carbocycles. The van der Waals surface area contributed by atoms with E-state index in [0.717, 1.165) is 5.56 Å². The molecule has 4 heteroatoms. The highest BCUT2D eigenvalue weighted by molar-refractivity contribution is 6.30. The van der Waals surface area contributed by atoms with E-state index in [2.05, 4.69) is 5.32 Å². The van der Waals surface area contributed by atoms with Gasteiger partial charge in [0.2, 0.25) is 0 Å². The first-order valence-corrected chi connectivity index (χ1v) is 6.23. The molecule has 0 heterocycles. The number of hydrogen-bond acceptors (Lipinski definition) is 2. The van der Waals surface area contributed by atoms with Crippen LogP contribution >= 0.6 is 11.6 Å². The Bertz CT molecular complexity index is 638. The summed E-state index contributed by atoms with van der Waals surface area (Å²) in [5.41, 5.74) is 2.61. The van der Waals surface area contributed by atoms with Gasteiger partial charge in [-0.15, -0.1) is 0 Å². The molecule has 0 fully saturated rings. The molecule has 0 unspecified atom stereocenters. The Morgan fingerprint density at radius 2 is 1.95 bits per heavy atom. The highest BCUT2D eigenvalue weighted by atomic mass is 35.5. The molecule has 0 aromatic heterocycles. The molecule has 0 saturated heterocycles. The molecular formula is C15H14ClNO2. The van der Waals surface area contributed by atoms with E-state index in [0.29, 0.717) is 21.8 Å². The van der Waals surface area contributed by atoms with Crippen LogP contribution in [0.1, 0.15) is 21.5 Å². The third kappa shape index (κ3) is 2.88. The molecule has 0 aliphatic carbocycles. The molecule has 3 nitrogen and oxygen atoms in total. The molecular weight excluding hydrogens is 262 g/mol. The number of aryl methyl sites for hydroxylation is 1. The summed E-state index contributed by atoms with van der Waals surface area (Å²) in [6, 6.07) is 10.1. The summed E-state index contributed by atoms with van der Waals surface area (Å²) in [5.74, 6) is -0.0616. The number of carbonyl (C=O) groups is 1. The van der Waals surface area contributed by atoms with Crippen LogP contribution in [-0.2, 0) is 0 Å². The van der Waals surface area contributed by atoms with Crippen molar-refractivity contribution in [1.29, 1.82) is 0 Å². The fourth-order valence-electron chi connectivity index (χ4n) is 1.83. The number of phenols is 1. The lowest BCUT2D eigenvalue weighted by Crippen LogP contribution is -2.14. The van der Waals surface area contributed by atoms with Gasteiger partial charge in [0.15, 0.2) is 0 Å². The van der Waals surface area contributed by atoms with Gasteiger partial charge in [-0.05, 0) is 49.7 Å². The lowest BCUT2D eigenvalue weighted by atomic mass is 10.1. The highest BCUT2D eigenvalue weighted by Crippen LogP contribution is 2.25. The molecule has 2 aromatic rings. The van der Waals surface area contributed by atoms with Gasteiger partial charge in [-0.2, -0.15) is 0 Å². The molecule has 19 heavy (non-hydrogen) atoms. The van der Waals surface area contributed by atoms with E-state index < -0.39 is 0 Å². The van der Waals surface area contributed by atoms with Crippen molar-refractivity contribution in [3.63, 3.8) is 0 Å². The minimum atomic E-state index is -0.220. The first-order valence-electron chi connectivity index (χ1n) is 5.85. The van der Waals surface area contributed by atoms with E-state index in [1.807, 2.05) is 6.92 Å². The third-order valence-corrected chi connectivity index (χ3v) is 3.22. The zero-order valence-corrected chi connectivity index (χ0v) is 11.5. The highest BCUT2D eigenvalue weighted by Gasteiger charge is 2.11. The number of carbonyl (C=O) groups excluding carboxylic acids is 1. The molecule has 2 rings (SSSR count). The Balaban J connectivity index is 2.28. The molecule has 98 valence electrons. The van der Waals surface area contributed by atoms with Gasteiger partial charge in [0.25, 0.3) is 5.91 Å². The monoisotopic (exact) mass is 275 g/mol. The second-order valence-corrected chi connectivity index (χ2v) is 4.80. The molecule has 1 amide bonds. The second-order valence-electron chi connectivity index (χ2n) is 4.36. The maximum Gasteiger partial charge on any atom is 0.255 e. The van der Waals surface area contributed by atoms with Gasteiger partial charge in [0.05, 0.1) is 0 Å². The number of aromatic hydroxyl groups is 1. The minimum absolute atomic E-state index is 0.158. The number of benzene rings is 2. The smallest absolute Gasteiger partial charge is 0.255 e. The van der Waals surface area contributed by atoms with Gasteiger partial charge in [-0.25, -0.2) is 0 Å². The zero-order valence-electron chi connectivity index (χ0n) is 10.7. The van der Waals surface area contributed by atoms with Crippen molar-refractivity contribution >= 4 is 23.2 Å². The summed E-state index contributed by atoms with van der Waals surface area (Å²) in [5, 5.41) is 13.0. The molecule has 2 N–H and O–H groups in total. The number of nitrogens with one attached hydrogen (secondary N) is 1. The maximum atomic E-state index is 12.2. The second kappa shape index (κ2) is 5.33. The van der Waals surface area contributed by atoms with Crippen molar-refractivity contribution in [2.45, 2.75) is 13.8 Å². The van der Waals surface area contributed by atoms with Crippen LogP contribution in [0.15, 0.2) is 36.4 Å². The summed E-state index contributed by atoms with van der Waals surface area (Å²) >= 11 is 5.86. The quantitative estimate of drug-likeness (QED) is 0.873. The fourth-order valence-corrected chi connectivity index (χ4v) is 2.06. The Morgan fingerprint density at radius 3 is 2.63 bits per heavy atom. The van der Waals surface area contributed by atoms with Crippen molar-refractivity contribution in [3.8, 4) is 5.75 Å². The van der Waals surface area contributed by atoms with Crippen molar-refractivity contribution < 1.29 is 9.90 Å². The fraction of sp³-hybridized carbons (Fsp3) is 0.133. The number of anilines is 1. The predicted molar refractivity (Wildman–Crippen MR) is 77.0 cm³/mol. The van der Waals surface area contributed by atoms with Crippen LogP contribution in [-0.4, -0.2) is 11.0 Å². The van der Waals surface area contributed by atoms with Crippen molar-refractivity contribution in [2.75, 3.05) is 5.32 Å². The molecule has 0 radical (unpaired) electrons. The largest absolute Gasteiger partial charge is 0.508 e. The predicted octanol–water partition coefficient (Wildman–Crippen LogP) is 3.91. The summed E-state index contributed by atoms with van der Waals surface area (Å²) in [4.78, 5) is 12.2. The lowest BCUT2D eigenvalue weighted by Gasteiger charge is -2.11. The van der Waals surface area contributed by atoms with Crippen LogP contribution in [0.5, 0.6) is 5.75 Å². The first-order chi connectivity index (χ1) is 8.99. The lowest BCUT2D eigenvalue weighted by molar-refractivity contribution is 0.102. The van der Waals surface area contributed by atoms with E-state index in [4.69, 9.17) is 11.6 Å². The van der Waals surface area contributed by atoms with Gasteiger partial charge in [-0.1, -0.05) is 17.7 Å². The van der Waals surface area contributed by atoms with Gasteiger partial charge >= 0.3 is 0 Å². The molecule has 0 aliphatic rings. The SMILES string of the molecule is Cc1cc(Cl)ccc1C(=O)Nc1cccc(O)c1C. The third-order valence-electron chi connectivity index (χ3n) is 2.99. The number of rotatable bonds is 2. The van der Waals surface area contributed by atoms with Crippen molar-refractivity contribution in [3.05, 3.63) is 58.1 Å². The van der Waals surface area contributed by atoms with Crippen LogP contribution < -0.4 is 5.32 Å². The number of phenolic OH excluding ortho intramolecular Hbond substituents is 1. The van der Waals surface area contributed by atoms with E-state index in [1.54, 1.807) is 43.3 Å². The average Bonchev–Trinajstić information content (AvgIpc) is 2.34. The summed E-state index contributed by atoms with van der Waals surface area (Å²) in [7, 11) is 0. The Labute approximate surface area is 116 Å². The van der Waals surface area contributed by atoms with Crippen molar-refractivity contribution in [2.24, 2.45) is 0 Å². The number of amides is 1. The number of halogens is 1. The molecule has 0 aliphatic heterocycles. The van der Waals surface area contributed by atoms with Gasteiger partial charge in [0, 0.05) is 21.8 Å². The summed E-state index contributed by atoms with van der Waals surface area (Å²) in [6.45, 7) is 3.58. The summed E-state index contributed by atoms with van der Waals surface area (Å²) in [6.07, 6.45) is 0. The Kier molecular flexibility index (Phi) is 3.76. The molecule has 0 spiro atoms. The average molecular weight is 276 g/mol. The standard InChI is InChI=1S/C15H14ClNO2/c1-9-8-11(16)6-7-12(9)15(19)17-13-4-3-5-14(18)10(13)2/h3-8,18H,1-2H3,(H,17,19). The van der Waals surface area contributed by atoms with E-state index in [9.17, 15) is 9.90 Å². The topological polar surface area (TPSA) is 49.3 Å². The van der Waals surface area contributed by atoms with Gasteiger partial charge in [0.1, 0.15) is 5.75 Å². The van der Waals surface area contributed by atoms with E-state index in [-0.39, 0.29) is 11.7 Å². The van der Waals surface area contributed by atoms with Crippen LogP contribution in [0.25, 0.3) is 0 Å². The number of hydrogen-bond donors (Lipinski definition) is 2. The van der Waals surface area contributed by atoms with Gasteiger partial charge < -0.3 is 10.4 Å². The van der Waals surface area contributed by atoms with E-state index in [1.165, 1.54) is 0 Å². The van der Waals surface area contributed by atoms with Crippen LogP contribution in [0.4, 0.5) is 5.69 Å². The van der Waals surface area contributed by atoms with E-state index >= 15 is 0 Å². The van der Waals surface area contributed by atoms with Crippen molar-refractivity contribution in [1.82, 2.24) is 0 Å². The minimum Gasteiger partial charge on any atom is -0.508 e. The molecule has 0 atom stereocenters. The Hall–Kier alpha value is -2.00.